The maximum Gasteiger partial charge on any atom is 0.306 e. The van der Waals surface area contributed by atoms with Crippen LogP contribution in [0.4, 0.5) is 0 Å². The second-order valence-corrected chi connectivity index (χ2v) is 6.66. The van der Waals surface area contributed by atoms with Crippen LogP contribution < -0.4 is 0 Å². The molecule has 1 saturated heterocycles. The summed E-state index contributed by atoms with van der Waals surface area (Å²) in [6, 6.07) is 7.11. The number of aromatic nitrogens is 2. The van der Waals surface area contributed by atoms with Crippen LogP contribution in [0.1, 0.15) is 28.2 Å². The van der Waals surface area contributed by atoms with Gasteiger partial charge in [0.05, 0.1) is 41.2 Å². The van der Waals surface area contributed by atoms with Gasteiger partial charge in [-0.15, -0.1) is 0 Å². The molecule has 0 unspecified atom stereocenters. The Morgan fingerprint density at radius 3 is 2.58 bits per heavy atom. The first-order chi connectivity index (χ1) is 12.4. The van der Waals surface area contributed by atoms with E-state index in [9.17, 15) is 9.59 Å². The summed E-state index contributed by atoms with van der Waals surface area (Å²) >= 11 is 6.18. The van der Waals surface area contributed by atoms with E-state index in [2.05, 4.69) is 5.10 Å². The van der Waals surface area contributed by atoms with E-state index >= 15 is 0 Å². The lowest BCUT2D eigenvalue weighted by molar-refractivity contribution is -0.141. The van der Waals surface area contributed by atoms with Gasteiger partial charge >= 0.3 is 5.97 Å². The Labute approximate surface area is 156 Å². The van der Waals surface area contributed by atoms with Gasteiger partial charge in [0.1, 0.15) is 0 Å². The van der Waals surface area contributed by atoms with Gasteiger partial charge in [-0.05, 0) is 38.1 Å². The summed E-state index contributed by atoms with van der Waals surface area (Å²) in [6.07, 6.45) is -0.581. The Bertz CT molecular complexity index is 832. The molecule has 0 bridgehead atoms. The van der Waals surface area contributed by atoms with E-state index in [1.165, 1.54) is 0 Å². The number of carbonyl (C=O) groups excluding carboxylic acids is 1. The first-order valence-corrected chi connectivity index (χ1v) is 8.69. The highest BCUT2D eigenvalue weighted by atomic mass is 35.5. The topological polar surface area (TPSA) is 84.7 Å². The average Bonchev–Trinajstić information content (AvgIpc) is 2.88. The molecule has 1 aliphatic rings. The first-order valence-electron chi connectivity index (χ1n) is 8.31. The number of aryl methyl sites for hydroxylation is 1. The first kappa shape index (κ1) is 18.4. The summed E-state index contributed by atoms with van der Waals surface area (Å²) in [6.45, 7) is 4.79. The normalized spacial score (nSPS) is 17.3. The predicted molar refractivity (Wildman–Crippen MR) is 95.9 cm³/mol. The van der Waals surface area contributed by atoms with Gasteiger partial charge in [0, 0.05) is 18.7 Å². The number of hydrogen-bond acceptors (Lipinski definition) is 4. The van der Waals surface area contributed by atoms with E-state index in [0.717, 1.165) is 17.1 Å². The number of halogens is 1. The molecule has 0 aliphatic carbocycles. The Morgan fingerprint density at radius 1 is 1.31 bits per heavy atom. The molecule has 1 aliphatic heterocycles. The van der Waals surface area contributed by atoms with Crippen molar-refractivity contribution < 1.29 is 19.4 Å². The van der Waals surface area contributed by atoms with Crippen molar-refractivity contribution in [2.75, 3.05) is 19.7 Å². The quantitative estimate of drug-likeness (QED) is 0.884. The summed E-state index contributed by atoms with van der Waals surface area (Å²) < 4.78 is 7.15. The molecule has 1 amide bonds. The summed E-state index contributed by atoms with van der Waals surface area (Å²) in [5.74, 6) is -1.07. The van der Waals surface area contributed by atoms with Crippen LogP contribution in [0.2, 0.25) is 5.02 Å². The van der Waals surface area contributed by atoms with Crippen molar-refractivity contribution in [3.05, 3.63) is 46.2 Å². The second-order valence-electron chi connectivity index (χ2n) is 6.29. The average molecular weight is 378 g/mol. The van der Waals surface area contributed by atoms with Crippen LogP contribution in [0, 0.1) is 13.8 Å². The zero-order valence-corrected chi connectivity index (χ0v) is 15.4. The largest absolute Gasteiger partial charge is 0.481 e. The predicted octanol–water partition coefficient (Wildman–Crippen LogP) is 2.46. The molecule has 7 nitrogen and oxygen atoms in total. The number of hydrogen-bond donors (Lipinski definition) is 1. The molecule has 8 heteroatoms. The Hall–Kier alpha value is -2.38. The number of carbonyl (C=O) groups is 2. The van der Waals surface area contributed by atoms with Gasteiger partial charge in [0.15, 0.2) is 0 Å². The lowest BCUT2D eigenvalue weighted by Gasteiger charge is -2.32. The minimum Gasteiger partial charge on any atom is -0.481 e. The highest BCUT2D eigenvalue weighted by Crippen LogP contribution is 2.23. The summed E-state index contributed by atoms with van der Waals surface area (Å²) in [5.41, 5.74) is 2.95. The number of carboxylic acid groups (broad SMARTS) is 1. The van der Waals surface area contributed by atoms with E-state index in [0.29, 0.717) is 23.7 Å². The number of benzene rings is 1. The molecule has 0 radical (unpaired) electrons. The second kappa shape index (κ2) is 7.47. The van der Waals surface area contributed by atoms with E-state index < -0.39 is 12.1 Å². The Morgan fingerprint density at radius 2 is 2.00 bits per heavy atom. The molecule has 3 rings (SSSR count). The molecule has 1 atom stereocenters. The minimum atomic E-state index is -0.933. The molecule has 26 heavy (non-hydrogen) atoms. The molecular formula is C18H20ClN3O4. The zero-order chi connectivity index (χ0) is 18.8. The van der Waals surface area contributed by atoms with Crippen molar-refractivity contribution in [3.63, 3.8) is 0 Å². The number of carboxylic acids is 1. The smallest absolute Gasteiger partial charge is 0.306 e. The molecule has 1 aromatic carbocycles. The maximum atomic E-state index is 12.7. The lowest BCUT2D eigenvalue weighted by atomic mass is 10.1. The molecule has 2 aromatic rings. The van der Waals surface area contributed by atoms with Crippen LogP contribution in [0.25, 0.3) is 5.69 Å². The minimum absolute atomic E-state index is 0.110. The number of aliphatic carboxylic acids is 1. The summed E-state index contributed by atoms with van der Waals surface area (Å²) in [5, 5.41) is 13.9. The standard InChI is InChI=1S/C18H20ClN3O4/c1-11-17(19)12(2)22(20-11)14-5-3-13(4-6-14)18(25)21-7-8-26-15(10-21)9-16(23)24/h3-6,15H,7-10H2,1-2H3,(H,23,24)/t15-/m1/s1. The van der Waals surface area contributed by atoms with E-state index in [1.807, 2.05) is 26.0 Å². The number of amides is 1. The van der Waals surface area contributed by atoms with E-state index in [4.69, 9.17) is 21.4 Å². The van der Waals surface area contributed by atoms with Crippen molar-refractivity contribution in [3.8, 4) is 5.69 Å². The fourth-order valence-corrected chi connectivity index (χ4v) is 3.14. The van der Waals surface area contributed by atoms with Crippen LogP contribution in [0.15, 0.2) is 24.3 Å². The highest BCUT2D eigenvalue weighted by Gasteiger charge is 2.26. The third kappa shape index (κ3) is 3.73. The number of ether oxygens (including phenoxy) is 1. The fraction of sp³-hybridized carbons (Fsp3) is 0.389. The van der Waals surface area contributed by atoms with Crippen molar-refractivity contribution in [1.82, 2.24) is 14.7 Å². The van der Waals surface area contributed by atoms with E-state index in [1.54, 1.807) is 21.7 Å². The van der Waals surface area contributed by atoms with Gasteiger partial charge in [0.2, 0.25) is 0 Å². The molecule has 2 heterocycles. The van der Waals surface area contributed by atoms with Crippen LogP contribution >= 0.6 is 11.6 Å². The molecule has 0 spiro atoms. The van der Waals surface area contributed by atoms with Gasteiger partial charge in [-0.3, -0.25) is 9.59 Å². The molecule has 138 valence electrons. The van der Waals surface area contributed by atoms with Crippen molar-refractivity contribution >= 4 is 23.5 Å². The van der Waals surface area contributed by atoms with Gasteiger partial charge < -0.3 is 14.7 Å². The van der Waals surface area contributed by atoms with E-state index in [-0.39, 0.29) is 18.9 Å². The monoisotopic (exact) mass is 377 g/mol. The SMILES string of the molecule is Cc1nn(-c2ccc(C(=O)N3CCO[C@H](CC(=O)O)C3)cc2)c(C)c1Cl. The zero-order valence-electron chi connectivity index (χ0n) is 14.6. The number of rotatable bonds is 4. The van der Waals surface area contributed by atoms with Gasteiger partial charge in [0.25, 0.3) is 5.91 Å². The third-order valence-corrected chi connectivity index (χ3v) is 4.94. The molecule has 1 N–H and O–H groups in total. The Balaban J connectivity index is 1.74. The van der Waals surface area contributed by atoms with Crippen molar-refractivity contribution in [1.29, 1.82) is 0 Å². The summed E-state index contributed by atoms with van der Waals surface area (Å²) in [7, 11) is 0. The fourth-order valence-electron chi connectivity index (χ4n) is 3.02. The van der Waals surface area contributed by atoms with Gasteiger partial charge in [-0.25, -0.2) is 4.68 Å². The van der Waals surface area contributed by atoms with Gasteiger partial charge in [-0.2, -0.15) is 5.10 Å². The number of nitrogens with zero attached hydrogens (tertiary/aromatic N) is 3. The summed E-state index contributed by atoms with van der Waals surface area (Å²) in [4.78, 5) is 25.2. The third-order valence-electron chi connectivity index (χ3n) is 4.39. The van der Waals surface area contributed by atoms with Crippen molar-refractivity contribution in [2.24, 2.45) is 0 Å². The maximum absolute atomic E-state index is 12.7. The van der Waals surface area contributed by atoms with Crippen molar-refractivity contribution in [2.45, 2.75) is 26.4 Å². The van der Waals surface area contributed by atoms with Crippen LogP contribution in [0.3, 0.4) is 0 Å². The highest BCUT2D eigenvalue weighted by molar-refractivity contribution is 6.31. The van der Waals surface area contributed by atoms with Crippen LogP contribution in [-0.4, -0.2) is 57.5 Å². The Kier molecular flexibility index (Phi) is 5.29. The molecule has 0 saturated carbocycles. The van der Waals surface area contributed by atoms with Crippen LogP contribution in [-0.2, 0) is 9.53 Å². The molecular weight excluding hydrogens is 358 g/mol. The number of morpholine rings is 1. The lowest BCUT2D eigenvalue weighted by Crippen LogP contribution is -2.46. The van der Waals surface area contributed by atoms with Crippen LogP contribution in [0.5, 0.6) is 0 Å². The molecule has 1 aromatic heterocycles. The molecule has 1 fully saturated rings. The van der Waals surface area contributed by atoms with Gasteiger partial charge in [-0.1, -0.05) is 11.6 Å².